The second-order valence-corrected chi connectivity index (χ2v) is 7.98. The molecule has 2 fully saturated rings. The van der Waals surface area contributed by atoms with Crippen molar-refractivity contribution in [1.29, 1.82) is 0 Å². The zero-order valence-electron chi connectivity index (χ0n) is 18.3. The Morgan fingerprint density at radius 3 is 2.57 bits per heavy atom. The molecule has 0 aromatic heterocycles. The van der Waals surface area contributed by atoms with Crippen LogP contribution in [0, 0.1) is 13.8 Å². The zero-order chi connectivity index (χ0) is 21.7. The molecule has 2 heterocycles. The topological polar surface area (TPSA) is 77.5 Å². The number of ether oxygens (including phenoxy) is 2. The van der Waals surface area contributed by atoms with Crippen molar-refractivity contribution in [2.24, 2.45) is 0 Å². The van der Waals surface area contributed by atoms with Crippen LogP contribution in [0.3, 0.4) is 0 Å². The summed E-state index contributed by atoms with van der Waals surface area (Å²) in [5.41, 5.74) is 1.79. The Morgan fingerprint density at radius 1 is 1.23 bits per heavy atom. The van der Waals surface area contributed by atoms with Gasteiger partial charge in [-0.2, -0.15) is 5.06 Å². The first-order chi connectivity index (χ1) is 14.4. The Morgan fingerprint density at radius 2 is 1.97 bits per heavy atom. The lowest BCUT2D eigenvalue weighted by atomic mass is 9.87. The molecule has 0 spiro atoms. The zero-order valence-corrected chi connectivity index (χ0v) is 18.3. The van der Waals surface area contributed by atoms with E-state index in [2.05, 4.69) is 0 Å². The fraction of sp³-hybridized carbons (Fsp3) is 0.636. The van der Waals surface area contributed by atoms with Crippen molar-refractivity contribution in [2.45, 2.75) is 57.8 Å². The van der Waals surface area contributed by atoms with E-state index in [0.717, 1.165) is 23.1 Å². The summed E-state index contributed by atoms with van der Waals surface area (Å²) in [6.45, 7) is 5.50. The van der Waals surface area contributed by atoms with Crippen LogP contribution in [0.5, 0.6) is 0 Å². The maximum absolute atomic E-state index is 13.5. The van der Waals surface area contributed by atoms with Crippen LogP contribution in [0.4, 0.5) is 0 Å². The predicted molar refractivity (Wildman–Crippen MR) is 109 cm³/mol. The van der Waals surface area contributed by atoms with E-state index in [1.807, 2.05) is 32.0 Å². The van der Waals surface area contributed by atoms with E-state index in [0.29, 0.717) is 39.0 Å². The minimum absolute atomic E-state index is 0.132. The van der Waals surface area contributed by atoms with E-state index in [1.54, 1.807) is 12.2 Å². The molecule has 2 saturated heterocycles. The van der Waals surface area contributed by atoms with Crippen molar-refractivity contribution < 1.29 is 28.7 Å². The number of benzene rings is 1. The first-order valence-corrected chi connectivity index (χ1v) is 10.4. The first kappa shape index (κ1) is 22.7. The molecule has 1 atom stereocenters. The Bertz CT molecular complexity index is 754. The number of esters is 1. The molecule has 8 heteroatoms. The van der Waals surface area contributed by atoms with Crippen LogP contribution in [0.1, 0.15) is 42.4 Å². The van der Waals surface area contributed by atoms with E-state index in [9.17, 15) is 9.59 Å². The van der Waals surface area contributed by atoms with Crippen LogP contribution in [-0.2, 0) is 35.2 Å². The molecule has 0 aliphatic carbocycles. The normalized spacial score (nSPS) is 21.4. The van der Waals surface area contributed by atoms with E-state index in [-0.39, 0.29) is 12.3 Å². The number of piperidine rings is 1. The van der Waals surface area contributed by atoms with Crippen LogP contribution in [0.25, 0.3) is 0 Å². The van der Waals surface area contributed by atoms with Gasteiger partial charge in [0.1, 0.15) is 0 Å². The van der Waals surface area contributed by atoms with Crippen LogP contribution >= 0.6 is 0 Å². The maximum Gasteiger partial charge on any atom is 0.334 e. The first-order valence-electron chi connectivity index (χ1n) is 10.4. The largest absolute Gasteiger partial charge is 0.467 e. The molecule has 2 aliphatic rings. The number of methoxy groups -OCH3 is 1. The number of carbonyl (C=O) groups excluding carboxylic acids is 2. The molecule has 1 aromatic rings. The van der Waals surface area contributed by atoms with Gasteiger partial charge in [0.05, 0.1) is 27.2 Å². The molecule has 0 bridgehead atoms. The van der Waals surface area contributed by atoms with Crippen LogP contribution in [0.15, 0.2) is 18.2 Å². The average Bonchev–Trinajstić information content (AvgIpc) is 3.27. The highest BCUT2D eigenvalue weighted by Crippen LogP contribution is 2.33. The molecule has 1 amide bonds. The fourth-order valence-corrected chi connectivity index (χ4v) is 4.09. The summed E-state index contributed by atoms with van der Waals surface area (Å²) in [4.78, 5) is 37.9. The van der Waals surface area contributed by atoms with Crippen molar-refractivity contribution in [3.8, 4) is 0 Å². The summed E-state index contributed by atoms with van der Waals surface area (Å²) in [5.74, 6) is -0.763. The standard InChI is InChI=1S/C22H32N2O6/c1-16-7-8-17(2)18(14-16)15-19(25)24(30-20-6-5-13-29-20)22(21(26)27-3)9-11-23(28-4)12-10-22/h7-8,14,20H,5-6,9-13,15H2,1-4H3. The Hall–Kier alpha value is -2.00. The lowest BCUT2D eigenvalue weighted by Crippen LogP contribution is -2.63. The van der Waals surface area contributed by atoms with Gasteiger partial charge < -0.3 is 14.3 Å². The summed E-state index contributed by atoms with van der Waals surface area (Å²) in [6, 6.07) is 6.01. The lowest BCUT2D eigenvalue weighted by Gasteiger charge is -2.45. The highest BCUT2D eigenvalue weighted by atomic mass is 16.8. The van der Waals surface area contributed by atoms with E-state index in [1.165, 1.54) is 12.2 Å². The molecule has 1 unspecified atom stereocenters. The molecule has 0 N–H and O–H groups in total. The highest BCUT2D eigenvalue weighted by Gasteiger charge is 2.52. The number of hydrogen-bond acceptors (Lipinski definition) is 7. The second-order valence-electron chi connectivity index (χ2n) is 7.98. The Balaban J connectivity index is 1.91. The molecule has 2 aliphatic heterocycles. The molecule has 1 aromatic carbocycles. The molecular formula is C22H32N2O6. The average molecular weight is 421 g/mol. The van der Waals surface area contributed by atoms with Crippen LogP contribution in [-0.4, -0.2) is 67.7 Å². The van der Waals surface area contributed by atoms with Gasteiger partial charge in [0.25, 0.3) is 5.91 Å². The summed E-state index contributed by atoms with van der Waals surface area (Å²) in [6.07, 6.45) is 1.81. The Labute approximate surface area is 177 Å². The number of aryl methyl sites for hydroxylation is 2. The van der Waals surface area contributed by atoms with Crippen molar-refractivity contribution >= 4 is 11.9 Å². The third-order valence-corrected chi connectivity index (χ3v) is 5.95. The SMILES string of the molecule is COC(=O)C1(N(OC2CCCO2)C(=O)Cc2cc(C)ccc2C)CCN(OC)CC1. The number of rotatable bonds is 7. The molecule has 0 saturated carbocycles. The van der Waals surface area contributed by atoms with Gasteiger partial charge >= 0.3 is 5.97 Å². The monoisotopic (exact) mass is 420 g/mol. The second kappa shape index (κ2) is 9.87. The lowest BCUT2D eigenvalue weighted by molar-refractivity contribution is -0.299. The van der Waals surface area contributed by atoms with Gasteiger partial charge in [0.2, 0.25) is 0 Å². The van der Waals surface area contributed by atoms with Gasteiger partial charge in [0.15, 0.2) is 11.8 Å². The van der Waals surface area contributed by atoms with Gasteiger partial charge in [-0.1, -0.05) is 23.8 Å². The third kappa shape index (κ3) is 4.83. The quantitative estimate of drug-likeness (QED) is 0.495. The molecule has 0 radical (unpaired) electrons. The number of hydrogen-bond donors (Lipinski definition) is 0. The van der Waals surface area contributed by atoms with E-state index < -0.39 is 17.8 Å². The van der Waals surface area contributed by atoms with Crippen LogP contribution in [0.2, 0.25) is 0 Å². The van der Waals surface area contributed by atoms with Gasteiger partial charge in [-0.15, -0.1) is 0 Å². The van der Waals surface area contributed by atoms with Crippen molar-refractivity contribution in [1.82, 2.24) is 10.1 Å². The van der Waals surface area contributed by atoms with Gasteiger partial charge in [-0.25, -0.2) is 14.7 Å². The van der Waals surface area contributed by atoms with E-state index in [4.69, 9.17) is 19.1 Å². The molecule has 30 heavy (non-hydrogen) atoms. The number of amides is 1. The summed E-state index contributed by atoms with van der Waals surface area (Å²) < 4.78 is 10.8. The van der Waals surface area contributed by atoms with Crippen molar-refractivity contribution in [2.75, 3.05) is 33.9 Å². The van der Waals surface area contributed by atoms with Gasteiger partial charge in [0, 0.05) is 19.5 Å². The highest BCUT2D eigenvalue weighted by molar-refractivity contribution is 5.88. The number of hydroxylamine groups is 4. The smallest absolute Gasteiger partial charge is 0.334 e. The number of nitrogens with zero attached hydrogens (tertiary/aromatic N) is 2. The Kier molecular flexibility index (Phi) is 7.46. The molecule has 3 rings (SSSR count). The minimum atomic E-state index is -1.22. The summed E-state index contributed by atoms with van der Waals surface area (Å²) >= 11 is 0. The third-order valence-electron chi connectivity index (χ3n) is 5.95. The van der Waals surface area contributed by atoms with Gasteiger partial charge in [-0.3, -0.25) is 4.79 Å². The molecule has 8 nitrogen and oxygen atoms in total. The van der Waals surface area contributed by atoms with Crippen molar-refractivity contribution in [3.05, 3.63) is 34.9 Å². The number of carbonyl (C=O) groups is 2. The fourth-order valence-electron chi connectivity index (χ4n) is 4.09. The predicted octanol–water partition coefficient (Wildman–Crippen LogP) is 2.31. The molecular weight excluding hydrogens is 388 g/mol. The van der Waals surface area contributed by atoms with Crippen LogP contribution < -0.4 is 0 Å². The van der Waals surface area contributed by atoms with Crippen molar-refractivity contribution in [3.63, 3.8) is 0 Å². The maximum atomic E-state index is 13.5. The summed E-state index contributed by atoms with van der Waals surface area (Å²) in [7, 11) is 2.93. The van der Waals surface area contributed by atoms with E-state index >= 15 is 0 Å². The minimum Gasteiger partial charge on any atom is -0.467 e. The molecule has 166 valence electrons. The van der Waals surface area contributed by atoms with Gasteiger partial charge in [-0.05, 0) is 44.2 Å². The summed E-state index contributed by atoms with van der Waals surface area (Å²) in [5, 5.41) is 3.02.